The molecular weight excluding hydrogens is 248 g/mol. The number of likely N-dealkylation sites (tertiary alicyclic amines) is 1. The summed E-state index contributed by atoms with van der Waals surface area (Å²) in [6.45, 7) is 6.14. The van der Waals surface area contributed by atoms with Crippen LogP contribution in [0.1, 0.15) is 37.3 Å². The van der Waals surface area contributed by atoms with E-state index in [4.69, 9.17) is 10.5 Å². The minimum Gasteiger partial charge on any atom is -0.493 e. The van der Waals surface area contributed by atoms with Gasteiger partial charge >= 0.3 is 0 Å². The van der Waals surface area contributed by atoms with Gasteiger partial charge in [-0.05, 0) is 42.5 Å². The Hall–Kier alpha value is -1.06. The molecule has 3 heteroatoms. The van der Waals surface area contributed by atoms with Gasteiger partial charge in [0.1, 0.15) is 5.75 Å². The summed E-state index contributed by atoms with van der Waals surface area (Å²) in [4.78, 5) is 2.57. The fourth-order valence-electron chi connectivity index (χ4n) is 3.58. The molecule has 2 N–H and O–H groups in total. The zero-order valence-electron chi connectivity index (χ0n) is 12.5. The molecule has 1 aromatic carbocycles. The molecule has 1 fully saturated rings. The van der Waals surface area contributed by atoms with Crippen molar-refractivity contribution in [1.29, 1.82) is 0 Å². The Labute approximate surface area is 122 Å². The molecular formula is C17H26N2O. The monoisotopic (exact) mass is 274 g/mol. The third-order valence-corrected chi connectivity index (χ3v) is 4.94. The quantitative estimate of drug-likeness (QED) is 0.917. The third-order valence-electron chi connectivity index (χ3n) is 4.94. The number of hydrogen-bond acceptors (Lipinski definition) is 3. The highest BCUT2D eigenvalue weighted by molar-refractivity contribution is 5.39. The molecule has 2 aliphatic heterocycles. The maximum atomic E-state index is 5.99. The predicted octanol–water partition coefficient (Wildman–Crippen LogP) is 2.57. The van der Waals surface area contributed by atoms with E-state index in [1.165, 1.54) is 36.9 Å². The second kappa shape index (κ2) is 6.15. The molecule has 1 saturated heterocycles. The van der Waals surface area contributed by atoms with Gasteiger partial charge in [-0.15, -0.1) is 0 Å². The van der Waals surface area contributed by atoms with Crippen LogP contribution in [0.4, 0.5) is 0 Å². The van der Waals surface area contributed by atoms with Crippen LogP contribution in [-0.2, 0) is 13.0 Å². The topological polar surface area (TPSA) is 38.5 Å². The molecule has 0 aromatic heterocycles. The number of nitrogens with zero attached hydrogens (tertiary/aromatic N) is 1. The Morgan fingerprint density at radius 3 is 3.10 bits per heavy atom. The highest BCUT2D eigenvalue weighted by atomic mass is 16.5. The van der Waals surface area contributed by atoms with E-state index < -0.39 is 0 Å². The van der Waals surface area contributed by atoms with E-state index in [0.717, 1.165) is 37.8 Å². The first-order valence-corrected chi connectivity index (χ1v) is 7.99. The lowest BCUT2D eigenvalue weighted by Gasteiger charge is -2.39. The molecule has 1 aromatic rings. The normalized spacial score (nSPS) is 26.3. The van der Waals surface area contributed by atoms with Crippen molar-refractivity contribution in [2.24, 2.45) is 11.7 Å². The van der Waals surface area contributed by atoms with Crippen LogP contribution in [0.25, 0.3) is 0 Å². The summed E-state index contributed by atoms with van der Waals surface area (Å²) in [6, 6.07) is 7.22. The number of piperidine rings is 1. The number of fused-ring (bicyclic) bond motifs is 1. The van der Waals surface area contributed by atoms with E-state index in [2.05, 4.69) is 30.0 Å². The molecule has 0 saturated carbocycles. The molecule has 0 aliphatic carbocycles. The van der Waals surface area contributed by atoms with Gasteiger partial charge in [0.05, 0.1) is 6.61 Å². The molecule has 2 unspecified atom stereocenters. The van der Waals surface area contributed by atoms with Gasteiger partial charge < -0.3 is 10.5 Å². The summed E-state index contributed by atoms with van der Waals surface area (Å²) in [5.74, 6) is 1.95. The lowest BCUT2D eigenvalue weighted by molar-refractivity contribution is 0.107. The standard InChI is InChI=1S/C17H26N2O/c1-2-13-5-7-19(16(10-13)11-18)12-14-3-4-17-15(9-14)6-8-20-17/h3-4,9,13,16H,2,5-8,10-12,18H2,1H3. The summed E-state index contributed by atoms with van der Waals surface area (Å²) in [5.41, 5.74) is 8.77. The Kier molecular flexibility index (Phi) is 4.27. The second-order valence-corrected chi connectivity index (χ2v) is 6.20. The Balaban J connectivity index is 1.67. The van der Waals surface area contributed by atoms with E-state index in [1.807, 2.05) is 0 Å². The first kappa shape index (κ1) is 13.9. The van der Waals surface area contributed by atoms with Crippen LogP contribution in [0.2, 0.25) is 0 Å². The first-order valence-electron chi connectivity index (χ1n) is 7.99. The summed E-state index contributed by atoms with van der Waals surface area (Å²) in [6.07, 6.45) is 4.93. The summed E-state index contributed by atoms with van der Waals surface area (Å²) >= 11 is 0. The van der Waals surface area contributed by atoms with Crippen LogP contribution in [0.5, 0.6) is 5.75 Å². The van der Waals surface area contributed by atoms with E-state index in [9.17, 15) is 0 Å². The summed E-state index contributed by atoms with van der Waals surface area (Å²) in [5, 5.41) is 0. The SMILES string of the molecule is CCC1CCN(Cc2ccc3c(c2)CCO3)C(CN)C1. The number of benzene rings is 1. The van der Waals surface area contributed by atoms with E-state index in [1.54, 1.807) is 0 Å². The van der Waals surface area contributed by atoms with Crippen LogP contribution in [0.3, 0.4) is 0 Å². The van der Waals surface area contributed by atoms with Crippen LogP contribution >= 0.6 is 0 Å². The van der Waals surface area contributed by atoms with E-state index in [-0.39, 0.29) is 0 Å². The van der Waals surface area contributed by atoms with Gasteiger partial charge in [0.2, 0.25) is 0 Å². The van der Waals surface area contributed by atoms with E-state index in [0.29, 0.717) is 6.04 Å². The van der Waals surface area contributed by atoms with Crippen LogP contribution < -0.4 is 10.5 Å². The summed E-state index contributed by atoms with van der Waals surface area (Å²) < 4.78 is 5.58. The maximum Gasteiger partial charge on any atom is 0.122 e. The average Bonchev–Trinajstić information content (AvgIpc) is 2.95. The minimum atomic E-state index is 0.554. The Bertz CT molecular complexity index is 460. The Morgan fingerprint density at radius 2 is 2.30 bits per heavy atom. The molecule has 110 valence electrons. The van der Waals surface area contributed by atoms with Crippen molar-refractivity contribution in [1.82, 2.24) is 4.90 Å². The van der Waals surface area contributed by atoms with Gasteiger partial charge in [0.25, 0.3) is 0 Å². The minimum absolute atomic E-state index is 0.554. The highest BCUT2D eigenvalue weighted by Gasteiger charge is 2.26. The summed E-state index contributed by atoms with van der Waals surface area (Å²) in [7, 11) is 0. The van der Waals surface area contributed by atoms with Gasteiger partial charge in [-0.2, -0.15) is 0 Å². The smallest absolute Gasteiger partial charge is 0.122 e. The fraction of sp³-hybridized carbons (Fsp3) is 0.647. The molecule has 3 rings (SSSR count). The lowest BCUT2D eigenvalue weighted by atomic mass is 9.88. The van der Waals surface area contributed by atoms with Crippen LogP contribution in [-0.4, -0.2) is 30.6 Å². The molecule has 2 atom stereocenters. The molecule has 0 spiro atoms. The van der Waals surface area contributed by atoms with Crippen molar-refractivity contribution >= 4 is 0 Å². The molecule has 20 heavy (non-hydrogen) atoms. The molecule has 0 amide bonds. The molecule has 0 bridgehead atoms. The van der Waals surface area contributed by atoms with Gasteiger partial charge in [-0.1, -0.05) is 25.5 Å². The van der Waals surface area contributed by atoms with Gasteiger partial charge in [0, 0.05) is 25.6 Å². The number of rotatable bonds is 4. The molecule has 2 heterocycles. The van der Waals surface area contributed by atoms with Crippen molar-refractivity contribution in [3.63, 3.8) is 0 Å². The Morgan fingerprint density at radius 1 is 1.40 bits per heavy atom. The van der Waals surface area contributed by atoms with Crippen molar-refractivity contribution in [2.75, 3.05) is 19.7 Å². The second-order valence-electron chi connectivity index (χ2n) is 6.20. The number of nitrogens with two attached hydrogens (primary N) is 1. The highest BCUT2D eigenvalue weighted by Crippen LogP contribution is 2.29. The number of ether oxygens (including phenoxy) is 1. The third kappa shape index (κ3) is 2.84. The number of hydrogen-bond donors (Lipinski definition) is 1. The predicted molar refractivity (Wildman–Crippen MR) is 81.9 cm³/mol. The average molecular weight is 274 g/mol. The van der Waals surface area contributed by atoms with Gasteiger partial charge in [0.15, 0.2) is 0 Å². The van der Waals surface area contributed by atoms with Gasteiger partial charge in [-0.25, -0.2) is 0 Å². The van der Waals surface area contributed by atoms with Crippen molar-refractivity contribution in [2.45, 2.75) is 45.2 Å². The maximum absolute atomic E-state index is 5.99. The largest absolute Gasteiger partial charge is 0.493 e. The van der Waals surface area contributed by atoms with Crippen molar-refractivity contribution < 1.29 is 4.74 Å². The van der Waals surface area contributed by atoms with E-state index >= 15 is 0 Å². The molecule has 2 aliphatic rings. The first-order chi connectivity index (χ1) is 9.80. The van der Waals surface area contributed by atoms with Gasteiger partial charge in [-0.3, -0.25) is 4.90 Å². The van der Waals surface area contributed by atoms with Crippen LogP contribution in [0, 0.1) is 5.92 Å². The lowest BCUT2D eigenvalue weighted by Crippen LogP contribution is -2.46. The fourth-order valence-corrected chi connectivity index (χ4v) is 3.58. The molecule has 3 nitrogen and oxygen atoms in total. The zero-order chi connectivity index (χ0) is 13.9. The van der Waals surface area contributed by atoms with Crippen molar-refractivity contribution in [3.8, 4) is 5.75 Å². The van der Waals surface area contributed by atoms with Crippen molar-refractivity contribution in [3.05, 3.63) is 29.3 Å². The van der Waals surface area contributed by atoms with Crippen LogP contribution in [0.15, 0.2) is 18.2 Å². The molecule has 0 radical (unpaired) electrons. The zero-order valence-corrected chi connectivity index (χ0v) is 12.5.